The van der Waals surface area contributed by atoms with Gasteiger partial charge in [0.1, 0.15) is 0 Å². The molecule has 0 heterocycles. The molecule has 2 fully saturated rings. The van der Waals surface area contributed by atoms with Gasteiger partial charge in [-0.05, 0) is 69.6 Å². The summed E-state index contributed by atoms with van der Waals surface area (Å²) in [6.07, 6.45) is 7.49. The molecule has 1 nitrogen and oxygen atoms in total. The van der Waals surface area contributed by atoms with E-state index < -0.39 is 5.60 Å². The van der Waals surface area contributed by atoms with E-state index in [1.54, 1.807) is 0 Å². The van der Waals surface area contributed by atoms with E-state index in [-0.39, 0.29) is 0 Å². The highest BCUT2D eigenvalue weighted by atomic mass is 16.3. The number of allylic oxidation sites excluding steroid dienone is 1. The fourth-order valence-corrected chi connectivity index (χ4v) is 3.86. The molecule has 1 unspecified atom stereocenters. The summed E-state index contributed by atoms with van der Waals surface area (Å²) in [5.74, 6) is 1.12. The molecule has 0 saturated heterocycles. The first-order valence-corrected chi connectivity index (χ1v) is 6.73. The lowest BCUT2D eigenvalue weighted by molar-refractivity contribution is -0.0406. The van der Waals surface area contributed by atoms with Crippen molar-refractivity contribution in [3.05, 3.63) is 12.2 Å². The van der Waals surface area contributed by atoms with Crippen molar-refractivity contribution < 1.29 is 5.11 Å². The molecule has 2 aliphatic carbocycles. The van der Waals surface area contributed by atoms with Crippen LogP contribution >= 0.6 is 0 Å². The molecule has 0 spiro atoms. The van der Waals surface area contributed by atoms with Gasteiger partial charge in [-0.1, -0.05) is 19.1 Å². The van der Waals surface area contributed by atoms with Gasteiger partial charge < -0.3 is 5.11 Å². The second kappa shape index (κ2) is 3.87. The molecule has 92 valence electrons. The van der Waals surface area contributed by atoms with Crippen LogP contribution in [0.3, 0.4) is 0 Å². The largest absolute Gasteiger partial charge is 0.390 e. The van der Waals surface area contributed by atoms with Crippen LogP contribution in [0.1, 0.15) is 59.3 Å². The number of fused-ring (bicyclic) bond motifs is 1. The van der Waals surface area contributed by atoms with Crippen LogP contribution in [0.25, 0.3) is 0 Å². The fraction of sp³-hybridized carbons (Fsp3) is 0.867. The van der Waals surface area contributed by atoms with Gasteiger partial charge in [-0.2, -0.15) is 0 Å². The van der Waals surface area contributed by atoms with Crippen molar-refractivity contribution in [3.63, 3.8) is 0 Å². The first-order chi connectivity index (χ1) is 7.33. The Balaban J connectivity index is 2.15. The van der Waals surface area contributed by atoms with E-state index in [4.69, 9.17) is 0 Å². The first kappa shape index (κ1) is 12.2. The van der Waals surface area contributed by atoms with E-state index >= 15 is 0 Å². The Kier molecular flexibility index (Phi) is 2.94. The Bertz CT molecular complexity index is 286. The van der Waals surface area contributed by atoms with Gasteiger partial charge in [0, 0.05) is 0 Å². The SMILES string of the molecule is C=C1CCC[C@]2(C)CC[C@@H](C(C)(C)O)CC12. The van der Waals surface area contributed by atoms with Crippen molar-refractivity contribution in [2.75, 3.05) is 0 Å². The van der Waals surface area contributed by atoms with Crippen LogP contribution in [-0.2, 0) is 0 Å². The molecule has 3 atom stereocenters. The lowest BCUT2D eigenvalue weighted by Crippen LogP contribution is -2.43. The van der Waals surface area contributed by atoms with E-state index in [1.165, 1.54) is 37.7 Å². The molecule has 1 heteroatoms. The molecular weight excluding hydrogens is 196 g/mol. The highest BCUT2D eigenvalue weighted by Crippen LogP contribution is 2.54. The summed E-state index contributed by atoms with van der Waals surface area (Å²) < 4.78 is 0. The quantitative estimate of drug-likeness (QED) is 0.667. The molecule has 2 rings (SSSR count). The van der Waals surface area contributed by atoms with Crippen LogP contribution in [0.2, 0.25) is 0 Å². The lowest BCUT2D eigenvalue weighted by Gasteiger charge is -2.50. The molecule has 0 radical (unpaired) electrons. The predicted octanol–water partition coefficient (Wildman–Crippen LogP) is 3.92. The molecular formula is C15H26O. The molecule has 0 bridgehead atoms. The van der Waals surface area contributed by atoms with Crippen LogP contribution in [0.4, 0.5) is 0 Å². The maximum Gasteiger partial charge on any atom is 0.0620 e. The molecule has 0 aromatic rings. The van der Waals surface area contributed by atoms with Gasteiger partial charge in [-0.25, -0.2) is 0 Å². The summed E-state index contributed by atoms with van der Waals surface area (Å²) in [5, 5.41) is 10.2. The Morgan fingerprint density at radius 2 is 2.06 bits per heavy atom. The zero-order chi connectivity index (χ0) is 12.0. The van der Waals surface area contributed by atoms with Crippen LogP contribution in [0, 0.1) is 17.3 Å². The number of rotatable bonds is 1. The van der Waals surface area contributed by atoms with Crippen molar-refractivity contribution in [1.82, 2.24) is 0 Å². The van der Waals surface area contributed by atoms with E-state index in [0.29, 0.717) is 17.3 Å². The molecule has 0 amide bonds. The maximum absolute atomic E-state index is 10.2. The second-order valence-corrected chi connectivity index (χ2v) is 6.84. The van der Waals surface area contributed by atoms with E-state index in [1.807, 2.05) is 13.8 Å². The predicted molar refractivity (Wildman–Crippen MR) is 68.2 cm³/mol. The number of aliphatic hydroxyl groups is 1. The van der Waals surface area contributed by atoms with Crippen molar-refractivity contribution in [3.8, 4) is 0 Å². The Morgan fingerprint density at radius 3 is 2.69 bits per heavy atom. The zero-order valence-electron chi connectivity index (χ0n) is 11.1. The summed E-state index contributed by atoms with van der Waals surface area (Å²) in [4.78, 5) is 0. The van der Waals surface area contributed by atoms with Crippen molar-refractivity contribution in [2.24, 2.45) is 17.3 Å². The van der Waals surface area contributed by atoms with Crippen molar-refractivity contribution >= 4 is 0 Å². The monoisotopic (exact) mass is 222 g/mol. The summed E-state index contributed by atoms with van der Waals surface area (Å²) in [5.41, 5.74) is 1.42. The minimum absolute atomic E-state index is 0.459. The topological polar surface area (TPSA) is 20.2 Å². The average molecular weight is 222 g/mol. The standard InChI is InChI=1S/C15H26O/c1-11-6-5-8-15(4)9-7-12(10-13(11)15)14(2,3)16/h12-13,16H,1,5-10H2,2-4H3/t12-,13?,15-/m1/s1. The Morgan fingerprint density at radius 1 is 1.38 bits per heavy atom. The van der Waals surface area contributed by atoms with Crippen LogP contribution in [-0.4, -0.2) is 10.7 Å². The molecule has 2 saturated carbocycles. The van der Waals surface area contributed by atoms with Gasteiger partial charge in [0.2, 0.25) is 0 Å². The van der Waals surface area contributed by atoms with Crippen molar-refractivity contribution in [2.45, 2.75) is 64.9 Å². The summed E-state index contributed by atoms with van der Waals surface area (Å²) in [7, 11) is 0. The molecule has 0 aromatic heterocycles. The van der Waals surface area contributed by atoms with Gasteiger partial charge in [0.25, 0.3) is 0 Å². The molecule has 0 aromatic carbocycles. The van der Waals surface area contributed by atoms with E-state index in [9.17, 15) is 5.11 Å². The molecule has 16 heavy (non-hydrogen) atoms. The van der Waals surface area contributed by atoms with Crippen LogP contribution in [0.15, 0.2) is 12.2 Å². The maximum atomic E-state index is 10.2. The van der Waals surface area contributed by atoms with Gasteiger partial charge >= 0.3 is 0 Å². The zero-order valence-corrected chi connectivity index (χ0v) is 11.1. The number of hydrogen-bond donors (Lipinski definition) is 1. The minimum atomic E-state index is -0.515. The van der Waals surface area contributed by atoms with Gasteiger partial charge in [-0.15, -0.1) is 0 Å². The molecule has 2 aliphatic rings. The third-order valence-electron chi connectivity index (χ3n) is 5.16. The van der Waals surface area contributed by atoms with Crippen LogP contribution < -0.4 is 0 Å². The summed E-state index contributed by atoms with van der Waals surface area (Å²) in [6, 6.07) is 0. The van der Waals surface area contributed by atoms with Gasteiger partial charge in [0.15, 0.2) is 0 Å². The first-order valence-electron chi connectivity index (χ1n) is 6.73. The van der Waals surface area contributed by atoms with Crippen molar-refractivity contribution in [1.29, 1.82) is 0 Å². The lowest BCUT2D eigenvalue weighted by atomic mass is 9.55. The van der Waals surface area contributed by atoms with Gasteiger partial charge in [-0.3, -0.25) is 0 Å². The smallest absolute Gasteiger partial charge is 0.0620 e. The summed E-state index contributed by atoms with van der Waals surface area (Å²) >= 11 is 0. The molecule has 0 aliphatic heterocycles. The highest BCUT2D eigenvalue weighted by molar-refractivity contribution is 5.13. The summed E-state index contributed by atoms with van der Waals surface area (Å²) in [6.45, 7) is 10.6. The third-order valence-corrected chi connectivity index (χ3v) is 5.16. The third kappa shape index (κ3) is 2.07. The fourth-order valence-electron chi connectivity index (χ4n) is 3.86. The van der Waals surface area contributed by atoms with E-state index in [0.717, 1.165) is 6.42 Å². The van der Waals surface area contributed by atoms with Gasteiger partial charge in [0.05, 0.1) is 5.60 Å². The van der Waals surface area contributed by atoms with Crippen LogP contribution in [0.5, 0.6) is 0 Å². The average Bonchev–Trinajstić information content (AvgIpc) is 2.15. The van der Waals surface area contributed by atoms with E-state index in [2.05, 4.69) is 13.5 Å². The molecule has 1 N–H and O–H groups in total. The highest BCUT2D eigenvalue weighted by Gasteiger charge is 2.45. The Hall–Kier alpha value is -0.300. The second-order valence-electron chi connectivity index (χ2n) is 6.84. The normalized spacial score (nSPS) is 40.6. The number of hydrogen-bond acceptors (Lipinski definition) is 1. The Labute approximate surface area is 99.9 Å². The minimum Gasteiger partial charge on any atom is -0.390 e.